The van der Waals surface area contributed by atoms with E-state index in [0.717, 1.165) is 20.7 Å². The van der Waals surface area contributed by atoms with Crippen LogP contribution in [0.25, 0.3) is 0 Å². The van der Waals surface area contributed by atoms with Gasteiger partial charge in [0.15, 0.2) is 8.68 Å². The molecule has 0 saturated carbocycles. The zero-order chi connectivity index (χ0) is 18.1. The molecule has 1 heterocycles. The Morgan fingerprint density at radius 3 is 2.72 bits per heavy atom. The van der Waals surface area contributed by atoms with Gasteiger partial charge in [-0.2, -0.15) is 0 Å². The molecule has 0 bridgehead atoms. The number of amides is 1. The smallest absolute Gasteiger partial charge is 0.337 e. The Labute approximate surface area is 159 Å². The molecule has 0 aliphatic carbocycles. The molecule has 0 fully saturated rings. The van der Waals surface area contributed by atoms with Gasteiger partial charge in [0.25, 0.3) is 0 Å². The molecule has 0 radical (unpaired) electrons. The molecular formula is C16H19N3O3S3. The van der Waals surface area contributed by atoms with Crippen LogP contribution in [0.1, 0.15) is 29.3 Å². The molecule has 0 atom stereocenters. The number of hydrogen-bond acceptors (Lipinski definition) is 8. The summed E-state index contributed by atoms with van der Waals surface area (Å²) in [6.45, 7) is 2.71. The van der Waals surface area contributed by atoms with Crippen molar-refractivity contribution in [2.45, 2.75) is 27.8 Å². The number of nitrogens with zero attached hydrogens (tertiary/aromatic N) is 2. The van der Waals surface area contributed by atoms with Gasteiger partial charge in [-0.05, 0) is 24.1 Å². The number of rotatable bonds is 9. The fraction of sp³-hybridized carbons (Fsp3) is 0.375. The normalized spacial score (nSPS) is 10.5. The van der Waals surface area contributed by atoms with Crippen LogP contribution in [0.15, 0.2) is 32.9 Å². The van der Waals surface area contributed by atoms with Gasteiger partial charge in [0.05, 0.1) is 18.4 Å². The van der Waals surface area contributed by atoms with Crippen LogP contribution in [0.2, 0.25) is 0 Å². The van der Waals surface area contributed by atoms with Gasteiger partial charge in [0, 0.05) is 12.3 Å². The molecule has 1 N–H and O–H groups in total. The molecule has 2 aromatic rings. The average molecular weight is 398 g/mol. The van der Waals surface area contributed by atoms with Crippen molar-refractivity contribution in [3.63, 3.8) is 0 Å². The fourth-order valence-electron chi connectivity index (χ4n) is 1.81. The number of benzene rings is 1. The number of ether oxygens (including phenoxy) is 1. The first-order chi connectivity index (χ1) is 12.1. The highest BCUT2D eigenvalue weighted by Gasteiger charge is 2.10. The summed E-state index contributed by atoms with van der Waals surface area (Å²) >= 11 is 4.40. The maximum atomic E-state index is 11.6. The summed E-state index contributed by atoms with van der Waals surface area (Å²) in [6.07, 6.45) is 0.924. The first-order valence-corrected chi connectivity index (χ1v) is 10.4. The fourth-order valence-corrected chi connectivity index (χ4v) is 4.60. The van der Waals surface area contributed by atoms with Gasteiger partial charge in [0.2, 0.25) is 5.91 Å². The minimum atomic E-state index is -0.345. The molecule has 1 amide bonds. The molecule has 1 aromatic heterocycles. The van der Waals surface area contributed by atoms with E-state index < -0.39 is 0 Å². The van der Waals surface area contributed by atoms with E-state index in [-0.39, 0.29) is 11.9 Å². The maximum Gasteiger partial charge on any atom is 0.337 e. The van der Waals surface area contributed by atoms with Gasteiger partial charge in [-0.15, -0.1) is 10.2 Å². The van der Waals surface area contributed by atoms with Crippen LogP contribution in [0.3, 0.4) is 0 Å². The Kier molecular flexibility index (Phi) is 8.23. The number of aromatic nitrogens is 2. The summed E-state index contributed by atoms with van der Waals surface area (Å²) in [4.78, 5) is 23.1. The average Bonchev–Trinajstić information content (AvgIpc) is 3.10. The van der Waals surface area contributed by atoms with Crippen LogP contribution >= 0.6 is 34.9 Å². The monoisotopic (exact) mass is 397 g/mol. The zero-order valence-electron chi connectivity index (χ0n) is 14.0. The SMILES string of the molecule is CCCNC(=O)CSc1nnc(SCc2cccc(C(=O)OC)c2)s1. The van der Waals surface area contributed by atoms with E-state index in [4.69, 9.17) is 4.74 Å². The lowest BCUT2D eigenvalue weighted by Crippen LogP contribution is -2.25. The molecule has 0 saturated heterocycles. The van der Waals surface area contributed by atoms with Crippen LogP contribution in [0, 0.1) is 0 Å². The van der Waals surface area contributed by atoms with E-state index in [1.807, 2.05) is 25.1 Å². The lowest BCUT2D eigenvalue weighted by Gasteiger charge is -2.02. The number of hydrogen-bond donors (Lipinski definition) is 1. The predicted octanol–water partition coefficient (Wildman–Crippen LogP) is 3.24. The van der Waals surface area contributed by atoms with Gasteiger partial charge in [0.1, 0.15) is 0 Å². The van der Waals surface area contributed by atoms with Gasteiger partial charge in [-0.25, -0.2) is 4.79 Å². The lowest BCUT2D eigenvalue weighted by molar-refractivity contribution is -0.118. The van der Waals surface area contributed by atoms with Crippen molar-refractivity contribution in [1.82, 2.24) is 15.5 Å². The van der Waals surface area contributed by atoms with E-state index in [9.17, 15) is 9.59 Å². The second-order valence-electron chi connectivity index (χ2n) is 4.95. The molecule has 0 unspecified atom stereocenters. The third-order valence-electron chi connectivity index (χ3n) is 3.00. The molecule has 2 rings (SSSR count). The van der Waals surface area contributed by atoms with E-state index in [1.54, 1.807) is 17.8 Å². The number of nitrogens with one attached hydrogen (secondary N) is 1. The summed E-state index contributed by atoms with van der Waals surface area (Å²) < 4.78 is 6.34. The van der Waals surface area contributed by atoms with Crippen LogP contribution in [0.5, 0.6) is 0 Å². The van der Waals surface area contributed by atoms with Crippen molar-refractivity contribution in [3.8, 4) is 0 Å². The first-order valence-electron chi connectivity index (χ1n) is 7.65. The largest absolute Gasteiger partial charge is 0.465 e. The third kappa shape index (κ3) is 6.68. The molecule has 9 heteroatoms. The first kappa shape index (κ1) is 19.7. The van der Waals surface area contributed by atoms with Gasteiger partial charge >= 0.3 is 5.97 Å². The number of methoxy groups -OCH3 is 1. The zero-order valence-corrected chi connectivity index (χ0v) is 16.4. The quantitative estimate of drug-likeness (QED) is 0.514. The van der Waals surface area contributed by atoms with Crippen LogP contribution < -0.4 is 5.32 Å². The molecule has 1 aromatic carbocycles. The van der Waals surface area contributed by atoms with E-state index in [2.05, 4.69) is 15.5 Å². The Morgan fingerprint density at radius 1 is 1.24 bits per heavy atom. The topological polar surface area (TPSA) is 81.2 Å². The highest BCUT2D eigenvalue weighted by Crippen LogP contribution is 2.30. The number of esters is 1. The number of carbonyl (C=O) groups excluding carboxylic acids is 2. The molecule has 0 spiro atoms. The van der Waals surface area contributed by atoms with Crippen molar-refractivity contribution >= 4 is 46.7 Å². The summed E-state index contributed by atoms with van der Waals surface area (Å²) in [7, 11) is 1.37. The Bertz CT molecular complexity index is 721. The minimum absolute atomic E-state index is 0.0101. The predicted molar refractivity (Wildman–Crippen MR) is 101 cm³/mol. The molecule has 0 aliphatic rings. The second-order valence-corrected chi connectivity index (χ2v) is 8.38. The Balaban J connectivity index is 1.83. The lowest BCUT2D eigenvalue weighted by atomic mass is 10.1. The summed E-state index contributed by atoms with van der Waals surface area (Å²) in [6, 6.07) is 7.32. The van der Waals surface area contributed by atoms with Crippen molar-refractivity contribution in [2.24, 2.45) is 0 Å². The highest BCUT2D eigenvalue weighted by atomic mass is 32.2. The summed E-state index contributed by atoms with van der Waals surface area (Å²) in [5, 5.41) is 11.1. The van der Waals surface area contributed by atoms with E-state index in [0.29, 0.717) is 23.6 Å². The molecule has 25 heavy (non-hydrogen) atoms. The summed E-state index contributed by atoms with van der Waals surface area (Å²) in [5.41, 5.74) is 1.54. The van der Waals surface area contributed by atoms with Crippen LogP contribution in [-0.4, -0.2) is 41.5 Å². The molecular weight excluding hydrogens is 378 g/mol. The van der Waals surface area contributed by atoms with Gasteiger partial charge < -0.3 is 10.1 Å². The minimum Gasteiger partial charge on any atom is -0.465 e. The number of carbonyl (C=O) groups is 2. The van der Waals surface area contributed by atoms with Crippen molar-refractivity contribution < 1.29 is 14.3 Å². The third-order valence-corrected chi connectivity index (χ3v) is 6.26. The van der Waals surface area contributed by atoms with Crippen molar-refractivity contribution in [2.75, 3.05) is 19.4 Å². The summed E-state index contributed by atoms with van der Waals surface area (Å²) in [5.74, 6) is 0.695. The maximum absolute atomic E-state index is 11.6. The highest BCUT2D eigenvalue weighted by molar-refractivity contribution is 8.03. The Morgan fingerprint density at radius 2 is 2.00 bits per heavy atom. The van der Waals surface area contributed by atoms with Crippen molar-refractivity contribution in [3.05, 3.63) is 35.4 Å². The standard InChI is InChI=1S/C16H19N3O3S3/c1-3-7-17-13(20)10-24-16-19-18-15(25-16)23-9-11-5-4-6-12(8-11)14(21)22-2/h4-6,8H,3,7,9-10H2,1-2H3,(H,17,20). The molecule has 134 valence electrons. The molecule has 6 nitrogen and oxygen atoms in total. The van der Waals surface area contributed by atoms with Crippen molar-refractivity contribution in [1.29, 1.82) is 0 Å². The molecule has 0 aliphatic heterocycles. The van der Waals surface area contributed by atoms with Gasteiger partial charge in [-0.1, -0.05) is 53.9 Å². The van der Waals surface area contributed by atoms with Crippen LogP contribution in [-0.2, 0) is 15.3 Å². The van der Waals surface area contributed by atoms with Gasteiger partial charge in [-0.3, -0.25) is 4.79 Å². The number of thioether (sulfide) groups is 2. The Hall–Kier alpha value is -1.58. The van der Waals surface area contributed by atoms with E-state index in [1.165, 1.54) is 30.2 Å². The second kappa shape index (κ2) is 10.4. The van der Waals surface area contributed by atoms with E-state index >= 15 is 0 Å². The van der Waals surface area contributed by atoms with Crippen LogP contribution in [0.4, 0.5) is 0 Å².